The maximum absolute atomic E-state index is 4.27. The molecule has 1 aliphatic rings. The fraction of sp³-hybridized carbons (Fsp3) is 0.421. The summed E-state index contributed by atoms with van der Waals surface area (Å²) in [6, 6.07) is 11.4. The number of pyridine rings is 1. The lowest BCUT2D eigenvalue weighted by atomic mass is 9.82. The number of benzene rings is 1. The average molecular weight is 280 g/mol. The van der Waals surface area contributed by atoms with Gasteiger partial charge in [0, 0.05) is 24.0 Å². The number of nitrogens with one attached hydrogen (secondary N) is 1. The molecule has 0 amide bonds. The fourth-order valence-electron chi connectivity index (χ4n) is 3.19. The van der Waals surface area contributed by atoms with Crippen molar-refractivity contribution in [2.75, 3.05) is 6.54 Å². The van der Waals surface area contributed by atoms with Crippen LogP contribution in [0.4, 0.5) is 0 Å². The summed E-state index contributed by atoms with van der Waals surface area (Å²) in [5.41, 5.74) is 5.83. The van der Waals surface area contributed by atoms with Gasteiger partial charge in [-0.25, -0.2) is 0 Å². The van der Waals surface area contributed by atoms with Gasteiger partial charge in [-0.2, -0.15) is 0 Å². The Morgan fingerprint density at radius 2 is 2.00 bits per heavy atom. The summed E-state index contributed by atoms with van der Waals surface area (Å²) < 4.78 is 0. The van der Waals surface area contributed by atoms with Crippen molar-refractivity contribution in [3.8, 4) is 11.1 Å². The number of aromatic nitrogens is 1. The molecule has 1 aromatic carbocycles. The molecule has 110 valence electrons. The van der Waals surface area contributed by atoms with E-state index in [1.165, 1.54) is 22.3 Å². The Labute approximate surface area is 127 Å². The molecule has 21 heavy (non-hydrogen) atoms. The lowest BCUT2D eigenvalue weighted by Crippen LogP contribution is -2.41. The predicted octanol–water partition coefficient (Wildman–Crippen LogP) is 3.85. The number of rotatable bonds is 1. The number of fused-ring (bicyclic) bond motifs is 1. The minimum atomic E-state index is 0.284. The van der Waals surface area contributed by atoms with Crippen molar-refractivity contribution < 1.29 is 0 Å². The SMILES string of the molecule is CC(C)(C)C1Cc2cccc(-c3cccnc3)c2CCN1. The molecule has 0 spiro atoms. The van der Waals surface area contributed by atoms with E-state index in [4.69, 9.17) is 0 Å². The summed E-state index contributed by atoms with van der Waals surface area (Å²) in [4.78, 5) is 4.27. The summed E-state index contributed by atoms with van der Waals surface area (Å²) >= 11 is 0. The van der Waals surface area contributed by atoms with Crippen LogP contribution in [0.1, 0.15) is 31.9 Å². The van der Waals surface area contributed by atoms with Crippen LogP contribution < -0.4 is 5.32 Å². The Bertz CT molecular complexity index is 611. The zero-order valence-corrected chi connectivity index (χ0v) is 13.2. The third kappa shape index (κ3) is 3.01. The van der Waals surface area contributed by atoms with Gasteiger partial charge in [0.2, 0.25) is 0 Å². The first kappa shape index (κ1) is 14.3. The van der Waals surface area contributed by atoms with Gasteiger partial charge in [0.25, 0.3) is 0 Å². The molecule has 1 aromatic heterocycles. The van der Waals surface area contributed by atoms with E-state index in [-0.39, 0.29) is 5.41 Å². The van der Waals surface area contributed by atoms with Crippen LogP contribution in [0.5, 0.6) is 0 Å². The molecule has 0 aliphatic carbocycles. The van der Waals surface area contributed by atoms with E-state index in [1.807, 2.05) is 18.5 Å². The second-order valence-electron chi connectivity index (χ2n) is 7.01. The van der Waals surface area contributed by atoms with E-state index in [2.05, 4.69) is 55.3 Å². The third-order valence-corrected chi connectivity index (χ3v) is 4.48. The van der Waals surface area contributed by atoms with E-state index in [1.54, 1.807) is 0 Å². The summed E-state index contributed by atoms with van der Waals surface area (Å²) in [7, 11) is 0. The number of hydrogen-bond donors (Lipinski definition) is 1. The Morgan fingerprint density at radius 1 is 1.14 bits per heavy atom. The minimum absolute atomic E-state index is 0.284. The zero-order valence-electron chi connectivity index (χ0n) is 13.2. The molecule has 2 heteroatoms. The third-order valence-electron chi connectivity index (χ3n) is 4.48. The van der Waals surface area contributed by atoms with Crippen molar-refractivity contribution in [2.24, 2.45) is 5.41 Å². The Kier molecular flexibility index (Phi) is 3.81. The van der Waals surface area contributed by atoms with E-state index < -0.39 is 0 Å². The first-order chi connectivity index (χ1) is 10.1. The second kappa shape index (κ2) is 5.61. The van der Waals surface area contributed by atoms with Crippen LogP contribution in [-0.2, 0) is 12.8 Å². The van der Waals surface area contributed by atoms with E-state index in [0.29, 0.717) is 6.04 Å². The van der Waals surface area contributed by atoms with Crippen molar-refractivity contribution in [1.29, 1.82) is 0 Å². The first-order valence-corrected chi connectivity index (χ1v) is 7.80. The second-order valence-corrected chi connectivity index (χ2v) is 7.01. The van der Waals surface area contributed by atoms with Gasteiger partial charge in [-0.3, -0.25) is 4.98 Å². The highest BCUT2D eigenvalue weighted by Gasteiger charge is 2.27. The molecule has 0 bridgehead atoms. The minimum Gasteiger partial charge on any atom is -0.313 e. The highest BCUT2D eigenvalue weighted by Crippen LogP contribution is 2.31. The van der Waals surface area contributed by atoms with Gasteiger partial charge < -0.3 is 5.32 Å². The molecule has 0 radical (unpaired) electrons. The standard InChI is InChI=1S/C19H24N2/c1-19(2,3)18-12-14-6-4-8-16(17(14)9-11-21-18)15-7-5-10-20-13-15/h4-8,10,13,18,21H,9,11-12H2,1-3H3. The number of hydrogen-bond acceptors (Lipinski definition) is 2. The van der Waals surface area contributed by atoms with Crippen LogP contribution in [0.2, 0.25) is 0 Å². The molecule has 1 unspecified atom stereocenters. The van der Waals surface area contributed by atoms with Crippen LogP contribution in [0.15, 0.2) is 42.7 Å². The van der Waals surface area contributed by atoms with Gasteiger partial charge >= 0.3 is 0 Å². The number of nitrogens with zero attached hydrogens (tertiary/aromatic N) is 1. The molecule has 3 rings (SSSR count). The van der Waals surface area contributed by atoms with Crippen LogP contribution in [-0.4, -0.2) is 17.6 Å². The van der Waals surface area contributed by atoms with Gasteiger partial charge in [-0.1, -0.05) is 45.0 Å². The maximum atomic E-state index is 4.27. The molecular weight excluding hydrogens is 256 g/mol. The predicted molar refractivity (Wildman–Crippen MR) is 88.3 cm³/mol. The quantitative estimate of drug-likeness (QED) is 0.858. The monoisotopic (exact) mass is 280 g/mol. The van der Waals surface area contributed by atoms with Crippen molar-refractivity contribution in [1.82, 2.24) is 10.3 Å². The summed E-state index contributed by atoms with van der Waals surface area (Å²) in [6.07, 6.45) is 6.00. The Hall–Kier alpha value is -1.67. The van der Waals surface area contributed by atoms with Crippen molar-refractivity contribution in [2.45, 2.75) is 39.7 Å². The van der Waals surface area contributed by atoms with Crippen LogP contribution in [0, 0.1) is 5.41 Å². The van der Waals surface area contributed by atoms with Gasteiger partial charge in [-0.15, -0.1) is 0 Å². The van der Waals surface area contributed by atoms with E-state index in [9.17, 15) is 0 Å². The van der Waals surface area contributed by atoms with Crippen molar-refractivity contribution in [3.05, 3.63) is 53.9 Å². The normalized spacial score (nSPS) is 18.9. The van der Waals surface area contributed by atoms with Gasteiger partial charge in [0.15, 0.2) is 0 Å². The van der Waals surface area contributed by atoms with Gasteiger partial charge in [-0.05, 0) is 47.6 Å². The van der Waals surface area contributed by atoms with Crippen LogP contribution >= 0.6 is 0 Å². The fourth-order valence-corrected chi connectivity index (χ4v) is 3.19. The largest absolute Gasteiger partial charge is 0.313 e. The first-order valence-electron chi connectivity index (χ1n) is 7.80. The summed E-state index contributed by atoms with van der Waals surface area (Å²) in [5, 5.41) is 3.73. The van der Waals surface area contributed by atoms with Crippen molar-refractivity contribution >= 4 is 0 Å². The van der Waals surface area contributed by atoms with E-state index >= 15 is 0 Å². The van der Waals surface area contributed by atoms with Gasteiger partial charge in [0.05, 0.1) is 0 Å². The molecule has 0 fully saturated rings. The molecule has 2 aromatic rings. The molecule has 2 nitrogen and oxygen atoms in total. The van der Waals surface area contributed by atoms with E-state index in [0.717, 1.165) is 19.4 Å². The Morgan fingerprint density at radius 3 is 2.71 bits per heavy atom. The highest BCUT2D eigenvalue weighted by molar-refractivity contribution is 5.68. The topological polar surface area (TPSA) is 24.9 Å². The molecule has 0 saturated carbocycles. The lowest BCUT2D eigenvalue weighted by Gasteiger charge is -2.30. The van der Waals surface area contributed by atoms with Gasteiger partial charge in [0.1, 0.15) is 0 Å². The molecular formula is C19H24N2. The summed E-state index contributed by atoms with van der Waals surface area (Å²) in [5.74, 6) is 0. The van der Waals surface area contributed by atoms with Crippen LogP contribution in [0.3, 0.4) is 0 Å². The van der Waals surface area contributed by atoms with Crippen LogP contribution in [0.25, 0.3) is 11.1 Å². The smallest absolute Gasteiger partial charge is 0.0346 e. The lowest BCUT2D eigenvalue weighted by molar-refractivity contribution is 0.272. The maximum Gasteiger partial charge on any atom is 0.0346 e. The molecule has 1 N–H and O–H groups in total. The molecule has 0 saturated heterocycles. The molecule has 2 heterocycles. The highest BCUT2D eigenvalue weighted by atomic mass is 14.9. The average Bonchev–Trinajstić information content (AvgIpc) is 2.70. The molecule has 1 atom stereocenters. The zero-order chi connectivity index (χ0) is 14.9. The Balaban J connectivity index is 2.02. The summed E-state index contributed by atoms with van der Waals surface area (Å²) in [6.45, 7) is 8.01. The van der Waals surface area contributed by atoms with Crippen molar-refractivity contribution in [3.63, 3.8) is 0 Å². The molecule has 1 aliphatic heterocycles.